The van der Waals surface area contributed by atoms with Crippen LogP contribution >= 0.6 is 0 Å². The molecule has 0 radical (unpaired) electrons. The number of aromatic nitrogens is 2. The van der Waals surface area contributed by atoms with Crippen molar-refractivity contribution in [3.05, 3.63) is 11.7 Å². The maximum Gasteiger partial charge on any atom is 0.252 e. The summed E-state index contributed by atoms with van der Waals surface area (Å²) in [4.78, 5) is 4.09. The number of hydrogen-bond donors (Lipinski definition) is 1. The number of hydrogen-bond acceptors (Lipinski definition) is 5. The molecule has 0 bridgehead atoms. The minimum Gasteiger partial charge on any atom is -0.372 e. The van der Waals surface area contributed by atoms with Crippen LogP contribution in [0.5, 0.6) is 0 Å². The van der Waals surface area contributed by atoms with Gasteiger partial charge in [0, 0.05) is 6.61 Å². The third-order valence-corrected chi connectivity index (χ3v) is 1.68. The Balaban J connectivity index is 2.53. The molecule has 74 valence electrons. The lowest BCUT2D eigenvalue weighted by atomic mass is 10.2. The Morgan fingerprint density at radius 1 is 1.54 bits per heavy atom. The number of nitrogens with two attached hydrogens (primary N) is 1. The highest BCUT2D eigenvalue weighted by molar-refractivity contribution is 4.91. The summed E-state index contributed by atoms with van der Waals surface area (Å²) in [7, 11) is 0. The summed E-state index contributed by atoms with van der Waals surface area (Å²) < 4.78 is 10.0. The van der Waals surface area contributed by atoms with E-state index in [2.05, 4.69) is 10.1 Å². The molecule has 0 fully saturated rings. The van der Waals surface area contributed by atoms with Crippen molar-refractivity contribution in [1.29, 1.82) is 0 Å². The number of rotatable bonds is 5. The predicted octanol–water partition coefficient (Wildman–Crippen LogP) is 1.02. The second-order valence-electron chi connectivity index (χ2n) is 2.70. The lowest BCUT2D eigenvalue weighted by molar-refractivity contribution is 0.109. The summed E-state index contributed by atoms with van der Waals surface area (Å²) in [6.45, 7) is 4.88. The SMILES string of the molecule is CCOCc1nc(C(N)CC)no1. The van der Waals surface area contributed by atoms with Crippen LogP contribution < -0.4 is 5.73 Å². The van der Waals surface area contributed by atoms with Crippen LogP contribution in [0.2, 0.25) is 0 Å². The highest BCUT2D eigenvalue weighted by Gasteiger charge is 2.11. The van der Waals surface area contributed by atoms with E-state index in [0.717, 1.165) is 6.42 Å². The first-order valence-electron chi connectivity index (χ1n) is 4.43. The number of ether oxygens (including phenoxy) is 1. The zero-order valence-electron chi connectivity index (χ0n) is 7.99. The van der Waals surface area contributed by atoms with Gasteiger partial charge in [-0.05, 0) is 13.3 Å². The van der Waals surface area contributed by atoms with Crippen LogP contribution in [0.15, 0.2) is 4.52 Å². The highest BCUT2D eigenvalue weighted by atomic mass is 16.5. The molecule has 0 saturated carbocycles. The van der Waals surface area contributed by atoms with Crippen molar-refractivity contribution >= 4 is 0 Å². The molecule has 0 aliphatic carbocycles. The van der Waals surface area contributed by atoms with Gasteiger partial charge in [0.05, 0.1) is 6.04 Å². The monoisotopic (exact) mass is 185 g/mol. The zero-order chi connectivity index (χ0) is 9.68. The number of nitrogens with zero attached hydrogens (tertiary/aromatic N) is 2. The van der Waals surface area contributed by atoms with Crippen LogP contribution in [0, 0.1) is 0 Å². The Morgan fingerprint density at radius 2 is 2.31 bits per heavy atom. The largest absolute Gasteiger partial charge is 0.372 e. The lowest BCUT2D eigenvalue weighted by Gasteiger charge is -1.99. The van der Waals surface area contributed by atoms with Gasteiger partial charge in [-0.15, -0.1) is 0 Å². The van der Waals surface area contributed by atoms with Gasteiger partial charge in [0.1, 0.15) is 6.61 Å². The van der Waals surface area contributed by atoms with Gasteiger partial charge in [-0.3, -0.25) is 0 Å². The van der Waals surface area contributed by atoms with E-state index in [0.29, 0.717) is 24.9 Å². The van der Waals surface area contributed by atoms with Gasteiger partial charge in [0.15, 0.2) is 5.82 Å². The maximum absolute atomic E-state index is 5.71. The van der Waals surface area contributed by atoms with Gasteiger partial charge in [0.2, 0.25) is 0 Å². The molecule has 2 N–H and O–H groups in total. The lowest BCUT2D eigenvalue weighted by Crippen LogP contribution is -2.10. The molecule has 1 unspecified atom stereocenters. The van der Waals surface area contributed by atoms with Gasteiger partial charge in [0.25, 0.3) is 5.89 Å². The van der Waals surface area contributed by atoms with Crippen molar-refractivity contribution in [1.82, 2.24) is 10.1 Å². The fourth-order valence-corrected chi connectivity index (χ4v) is 0.849. The van der Waals surface area contributed by atoms with E-state index in [1.807, 2.05) is 13.8 Å². The van der Waals surface area contributed by atoms with Gasteiger partial charge >= 0.3 is 0 Å². The molecule has 5 heteroatoms. The van der Waals surface area contributed by atoms with Crippen molar-refractivity contribution < 1.29 is 9.26 Å². The molecule has 0 aliphatic heterocycles. The Morgan fingerprint density at radius 3 is 2.92 bits per heavy atom. The normalized spacial score (nSPS) is 13.2. The first kappa shape index (κ1) is 10.1. The summed E-state index contributed by atoms with van der Waals surface area (Å²) in [5.41, 5.74) is 5.71. The van der Waals surface area contributed by atoms with Crippen LogP contribution in [0.4, 0.5) is 0 Å². The van der Waals surface area contributed by atoms with Gasteiger partial charge in [-0.2, -0.15) is 4.98 Å². The Bertz CT molecular complexity index is 249. The van der Waals surface area contributed by atoms with E-state index in [-0.39, 0.29) is 6.04 Å². The molecular weight excluding hydrogens is 170 g/mol. The van der Waals surface area contributed by atoms with E-state index in [9.17, 15) is 0 Å². The average molecular weight is 185 g/mol. The highest BCUT2D eigenvalue weighted by Crippen LogP contribution is 2.09. The zero-order valence-corrected chi connectivity index (χ0v) is 7.99. The first-order valence-corrected chi connectivity index (χ1v) is 4.43. The van der Waals surface area contributed by atoms with Crippen LogP contribution in [0.3, 0.4) is 0 Å². The van der Waals surface area contributed by atoms with Crippen molar-refractivity contribution in [3.63, 3.8) is 0 Å². The van der Waals surface area contributed by atoms with Crippen LogP contribution in [-0.4, -0.2) is 16.7 Å². The average Bonchev–Trinajstić information content (AvgIpc) is 2.62. The summed E-state index contributed by atoms with van der Waals surface area (Å²) >= 11 is 0. The molecule has 0 saturated heterocycles. The molecule has 0 aliphatic rings. The van der Waals surface area contributed by atoms with E-state index in [1.165, 1.54) is 0 Å². The van der Waals surface area contributed by atoms with Crippen molar-refractivity contribution in [2.45, 2.75) is 32.9 Å². The smallest absolute Gasteiger partial charge is 0.252 e. The first-order chi connectivity index (χ1) is 6.27. The summed E-state index contributed by atoms with van der Waals surface area (Å²) in [5, 5.41) is 3.75. The Hall–Kier alpha value is -0.940. The van der Waals surface area contributed by atoms with Crippen LogP contribution in [-0.2, 0) is 11.3 Å². The minimum absolute atomic E-state index is 0.140. The summed E-state index contributed by atoms with van der Waals surface area (Å²) in [5.74, 6) is 1.04. The minimum atomic E-state index is -0.140. The van der Waals surface area contributed by atoms with Crippen LogP contribution in [0.25, 0.3) is 0 Å². The third kappa shape index (κ3) is 2.78. The Kier molecular flexibility index (Phi) is 3.85. The molecule has 1 heterocycles. The van der Waals surface area contributed by atoms with Crippen molar-refractivity contribution in [3.8, 4) is 0 Å². The summed E-state index contributed by atoms with van der Waals surface area (Å²) in [6, 6.07) is -0.140. The standard InChI is InChI=1S/C8H15N3O2/c1-3-6(9)8-10-7(13-11-8)5-12-4-2/h6H,3-5,9H2,1-2H3. The molecule has 1 atom stereocenters. The molecule has 1 aromatic heterocycles. The topological polar surface area (TPSA) is 74.2 Å². The second-order valence-corrected chi connectivity index (χ2v) is 2.70. The quantitative estimate of drug-likeness (QED) is 0.741. The molecule has 0 spiro atoms. The molecule has 1 rings (SSSR count). The molecule has 13 heavy (non-hydrogen) atoms. The molecule has 5 nitrogen and oxygen atoms in total. The fraction of sp³-hybridized carbons (Fsp3) is 0.750. The van der Waals surface area contributed by atoms with Gasteiger partial charge in [-0.25, -0.2) is 0 Å². The van der Waals surface area contributed by atoms with Crippen molar-refractivity contribution in [2.75, 3.05) is 6.61 Å². The second kappa shape index (κ2) is 4.94. The predicted molar refractivity (Wildman–Crippen MR) is 46.8 cm³/mol. The van der Waals surface area contributed by atoms with E-state index >= 15 is 0 Å². The molecule has 1 aromatic rings. The molecule has 0 aromatic carbocycles. The fourth-order valence-electron chi connectivity index (χ4n) is 0.849. The van der Waals surface area contributed by atoms with Gasteiger partial charge in [-0.1, -0.05) is 12.1 Å². The van der Waals surface area contributed by atoms with Crippen LogP contribution in [0.1, 0.15) is 38.0 Å². The van der Waals surface area contributed by atoms with Gasteiger partial charge < -0.3 is 15.0 Å². The van der Waals surface area contributed by atoms with E-state index in [4.69, 9.17) is 15.0 Å². The Labute approximate surface area is 77.3 Å². The van der Waals surface area contributed by atoms with E-state index < -0.39 is 0 Å². The summed E-state index contributed by atoms with van der Waals surface area (Å²) in [6.07, 6.45) is 0.799. The molecule has 0 amide bonds. The van der Waals surface area contributed by atoms with Crippen molar-refractivity contribution in [2.24, 2.45) is 5.73 Å². The van der Waals surface area contributed by atoms with E-state index in [1.54, 1.807) is 0 Å². The maximum atomic E-state index is 5.71. The molecular formula is C8H15N3O2. The third-order valence-electron chi connectivity index (χ3n) is 1.68.